The molecule has 32 heavy (non-hydrogen) atoms. The van der Waals surface area contributed by atoms with E-state index in [1.165, 1.54) is 46.9 Å². The van der Waals surface area contributed by atoms with Gasteiger partial charge in [0.25, 0.3) is 0 Å². The molecule has 4 aromatic carbocycles. The predicted octanol–water partition coefficient (Wildman–Crippen LogP) is 6.56. The van der Waals surface area contributed by atoms with E-state index in [9.17, 15) is 0 Å². The summed E-state index contributed by atoms with van der Waals surface area (Å²) >= 11 is 0. The van der Waals surface area contributed by atoms with E-state index in [0.29, 0.717) is 11.3 Å². The average Bonchev–Trinajstić information content (AvgIpc) is 2.88. The van der Waals surface area contributed by atoms with Crippen LogP contribution in [-0.2, 0) is 0 Å². The lowest BCUT2D eigenvalue weighted by Crippen LogP contribution is -2.37. The van der Waals surface area contributed by atoms with E-state index in [-0.39, 0.29) is 0 Å². The lowest BCUT2D eigenvalue weighted by atomic mass is 9.99. The van der Waals surface area contributed by atoms with E-state index in [2.05, 4.69) is 121 Å². The molecule has 5 rings (SSSR count). The summed E-state index contributed by atoms with van der Waals surface area (Å²) in [5.41, 5.74) is 1.41. The Balaban J connectivity index is 1.62. The van der Waals surface area contributed by atoms with E-state index in [0.717, 1.165) is 0 Å². The highest BCUT2D eigenvalue weighted by molar-refractivity contribution is 7.77. The molecule has 0 bridgehead atoms. The van der Waals surface area contributed by atoms with Crippen molar-refractivity contribution in [3.8, 4) is 0 Å². The monoisotopic (exact) mass is 452 g/mol. The Labute approximate surface area is 195 Å². The van der Waals surface area contributed by atoms with Crippen molar-refractivity contribution in [2.24, 2.45) is 0 Å². The normalized spacial score (nSPS) is 18.7. The molecule has 0 nitrogen and oxygen atoms in total. The maximum Gasteiger partial charge on any atom is -0.00551 e. The van der Waals surface area contributed by atoms with Gasteiger partial charge in [-0.2, -0.15) is 0 Å². The Bertz CT molecular complexity index is 911. The summed E-state index contributed by atoms with van der Waals surface area (Å²) in [6.45, 7) is 0. The molecule has 1 aliphatic rings. The van der Waals surface area contributed by atoms with E-state index in [1.807, 2.05) is 0 Å². The first-order chi connectivity index (χ1) is 15.9. The first kappa shape index (κ1) is 21.6. The molecular formula is C30H30P2. The second-order valence-electron chi connectivity index (χ2n) is 8.50. The van der Waals surface area contributed by atoms with Crippen LogP contribution in [0.3, 0.4) is 0 Å². The molecule has 0 unspecified atom stereocenters. The maximum atomic E-state index is 2.37. The van der Waals surface area contributed by atoms with Gasteiger partial charge in [-0.1, -0.05) is 134 Å². The Hall–Kier alpha value is -2.26. The molecule has 0 amide bonds. The van der Waals surface area contributed by atoms with Gasteiger partial charge in [0.05, 0.1) is 0 Å². The highest BCUT2D eigenvalue weighted by atomic mass is 31.1. The van der Waals surface area contributed by atoms with Crippen LogP contribution in [0.4, 0.5) is 0 Å². The van der Waals surface area contributed by atoms with Gasteiger partial charge in [0.2, 0.25) is 0 Å². The van der Waals surface area contributed by atoms with Gasteiger partial charge in [-0.15, -0.1) is 0 Å². The summed E-state index contributed by atoms with van der Waals surface area (Å²) < 4.78 is 0. The summed E-state index contributed by atoms with van der Waals surface area (Å²) in [6, 6.07) is 45.4. The minimum absolute atomic E-state index is 0.405. The number of hydrogen-bond donors (Lipinski definition) is 0. The Morgan fingerprint density at radius 2 is 0.625 bits per heavy atom. The third-order valence-electron chi connectivity index (χ3n) is 6.49. The minimum Gasteiger partial charge on any atom is -0.0622 e. The molecule has 2 heteroatoms. The summed E-state index contributed by atoms with van der Waals surface area (Å²) in [6.07, 6.45) is 5.37. The third kappa shape index (κ3) is 4.73. The van der Waals surface area contributed by atoms with Crippen molar-refractivity contribution in [1.29, 1.82) is 0 Å². The molecule has 1 aliphatic carbocycles. The Morgan fingerprint density at radius 1 is 0.375 bits per heavy atom. The van der Waals surface area contributed by atoms with E-state index in [4.69, 9.17) is 0 Å². The van der Waals surface area contributed by atoms with Gasteiger partial charge in [-0.25, -0.2) is 0 Å². The molecule has 0 saturated heterocycles. The zero-order valence-electron chi connectivity index (χ0n) is 18.4. The fourth-order valence-corrected chi connectivity index (χ4v) is 11.9. The van der Waals surface area contributed by atoms with Crippen molar-refractivity contribution in [2.45, 2.75) is 37.0 Å². The molecule has 0 radical (unpaired) electrons. The van der Waals surface area contributed by atoms with Crippen LogP contribution in [0, 0.1) is 0 Å². The van der Waals surface area contributed by atoms with E-state index < -0.39 is 15.8 Å². The van der Waals surface area contributed by atoms with Gasteiger partial charge in [-0.05, 0) is 61.2 Å². The van der Waals surface area contributed by atoms with Crippen LogP contribution >= 0.6 is 15.8 Å². The molecule has 0 aliphatic heterocycles. The topological polar surface area (TPSA) is 0 Å². The van der Waals surface area contributed by atoms with Crippen molar-refractivity contribution in [1.82, 2.24) is 0 Å². The number of benzene rings is 4. The molecule has 0 spiro atoms. The first-order valence-corrected chi connectivity index (χ1v) is 14.5. The van der Waals surface area contributed by atoms with Crippen molar-refractivity contribution in [2.75, 3.05) is 0 Å². The zero-order valence-corrected chi connectivity index (χ0v) is 20.2. The lowest BCUT2D eigenvalue weighted by molar-refractivity contribution is 0.521. The van der Waals surface area contributed by atoms with Gasteiger partial charge in [-0.3, -0.25) is 0 Å². The van der Waals surface area contributed by atoms with Crippen LogP contribution < -0.4 is 21.2 Å². The van der Waals surface area contributed by atoms with Crippen molar-refractivity contribution >= 4 is 37.1 Å². The standard InChI is InChI=1S/C30H30P2/c1-5-15-25(16-6-1)31(26-17-7-2-8-18-26)29-23-13-14-24-30(29)32(27-19-9-3-10-20-27)28-21-11-4-12-22-28/h1-12,15-22,29-30H,13-14,23-24H2/t29-,30-/m0/s1. The fourth-order valence-electron chi connectivity index (χ4n) is 5.11. The van der Waals surface area contributed by atoms with E-state index >= 15 is 0 Å². The molecule has 0 N–H and O–H groups in total. The zero-order chi connectivity index (χ0) is 21.6. The molecule has 160 valence electrons. The second-order valence-corrected chi connectivity index (χ2v) is 13.4. The molecule has 0 heterocycles. The second kappa shape index (κ2) is 10.6. The minimum atomic E-state index is -0.405. The molecule has 1 saturated carbocycles. The van der Waals surface area contributed by atoms with Crippen LogP contribution in [-0.4, -0.2) is 11.3 Å². The Kier molecular flexibility index (Phi) is 7.13. The number of rotatable bonds is 6. The van der Waals surface area contributed by atoms with Crippen LogP contribution in [0.2, 0.25) is 0 Å². The summed E-state index contributed by atoms with van der Waals surface area (Å²) in [7, 11) is -0.811. The van der Waals surface area contributed by atoms with Gasteiger partial charge >= 0.3 is 0 Å². The van der Waals surface area contributed by atoms with Crippen molar-refractivity contribution in [3.05, 3.63) is 121 Å². The maximum absolute atomic E-state index is 2.37. The van der Waals surface area contributed by atoms with E-state index in [1.54, 1.807) is 0 Å². The van der Waals surface area contributed by atoms with Crippen molar-refractivity contribution in [3.63, 3.8) is 0 Å². The molecular weight excluding hydrogens is 422 g/mol. The lowest BCUT2D eigenvalue weighted by Gasteiger charge is -2.42. The van der Waals surface area contributed by atoms with Crippen LogP contribution in [0.5, 0.6) is 0 Å². The van der Waals surface area contributed by atoms with Gasteiger partial charge in [0.1, 0.15) is 0 Å². The van der Waals surface area contributed by atoms with Crippen LogP contribution in [0.15, 0.2) is 121 Å². The summed E-state index contributed by atoms with van der Waals surface area (Å²) in [5.74, 6) is 0. The van der Waals surface area contributed by atoms with Crippen molar-refractivity contribution < 1.29 is 0 Å². The summed E-state index contributed by atoms with van der Waals surface area (Å²) in [5, 5.41) is 6.12. The predicted molar refractivity (Wildman–Crippen MR) is 144 cm³/mol. The van der Waals surface area contributed by atoms with Crippen LogP contribution in [0.25, 0.3) is 0 Å². The van der Waals surface area contributed by atoms with Gasteiger partial charge in [0.15, 0.2) is 0 Å². The van der Waals surface area contributed by atoms with Gasteiger partial charge in [0, 0.05) is 0 Å². The van der Waals surface area contributed by atoms with Gasteiger partial charge < -0.3 is 0 Å². The highest BCUT2D eigenvalue weighted by Gasteiger charge is 2.38. The molecule has 1 fully saturated rings. The Morgan fingerprint density at radius 3 is 0.875 bits per heavy atom. The first-order valence-electron chi connectivity index (χ1n) is 11.7. The molecule has 4 aromatic rings. The SMILES string of the molecule is c1ccc(P(c2ccccc2)[C@H]2CCCC[C@@H]2P(c2ccccc2)c2ccccc2)cc1. The molecule has 0 aromatic heterocycles. The third-order valence-corrected chi connectivity index (χ3v) is 12.7. The smallest absolute Gasteiger partial charge is 0.00551 e. The van der Waals surface area contributed by atoms with Crippen LogP contribution in [0.1, 0.15) is 25.7 Å². The fraction of sp³-hybridized carbons (Fsp3) is 0.200. The largest absolute Gasteiger partial charge is 0.0622 e. The average molecular weight is 453 g/mol. The number of hydrogen-bond acceptors (Lipinski definition) is 0. The highest BCUT2D eigenvalue weighted by Crippen LogP contribution is 2.56. The summed E-state index contributed by atoms with van der Waals surface area (Å²) in [4.78, 5) is 0. The molecule has 2 atom stereocenters. The quantitative estimate of drug-likeness (QED) is 0.291.